The summed E-state index contributed by atoms with van der Waals surface area (Å²) in [4.78, 5) is 64.2. The molecule has 7 unspecified atom stereocenters. The van der Waals surface area contributed by atoms with Gasteiger partial charge in [0, 0.05) is 24.3 Å². The van der Waals surface area contributed by atoms with Crippen molar-refractivity contribution in [1.29, 1.82) is 0 Å². The molecule has 3 heterocycles. The molecule has 16 heteroatoms. The van der Waals surface area contributed by atoms with Gasteiger partial charge in [-0.15, -0.1) is 12.3 Å². The normalized spacial score (nSPS) is 28.9. The molecule has 1 saturated heterocycles. The van der Waals surface area contributed by atoms with Crippen molar-refractivity contribution in [1.82, 2.24) is 25.2 Å². The Labute approximate surface area is 368 Å². The maximum absolute atomic E-state index is 15.1. The number of nitrogens with zero attached hydrogens (tertiary/aromatic N) is 2. The third-order valence-corrected chi connectivity index (χ3v) is 15.4. The van der Waals surface area contributed by atoms with Crippen LogP contribution in [0.3, 0.4) is 0 Å². The number of unbranched alkanes of at least 4 members (excludes halogenated alkanes) is 1. The maximum atomic E-state index is 15.1. The van der Waals surface area contributed by atoms with Gasteiger partial charge in [-0.25, -0.2) is 18.2 Å². The second-order valence-corrected chi connectivity index (χ2v) is 19.8. The first-order valence-electron chi connectivity index (χ1n) is 22.7. The third-order valence-electron chi connectivity index (χ3n) is 13.6. The molecule has 2 bridgehead atoms. The highest BCUT2D eigenvalue weighted by atomic mass is 32.2. The summed E-state index contributed by atoms with van der Waals surface area (Å²) >= 11 is 0. The van der Waals surface area contributed by atoms with Gasteiger partial charge < -0.3 is 34.9 Å². The minimum Gasteiger partial charge on any atom is -0.492 e. The van der Waals surface area contributed by atoms with Crippen LogP contribution < -0.4 is 24.8 Å². The van der Waals surface area contributed by atoms with Crippen molar-refractivity contribution in [2.24, 2.45) is 17.8 Å². The fraction of sp³-hybridized carbons (Fsp3) is 0.574. The molecule has 8 rings (SSSR count). The Bertz CT molecular complexity index is 2280. The number of fused-ring (bicyclic) bond motifs is 5. The number of rotatable bonds is 12. The van der Waals surface area contributed by atoms with Crippen LogP contribution in [0.15, 0.2) is 67.0 Å². The van der Waals surface area contributed by atoms with Crippen LogP contribution in [0.4, 0.5) is 4.79 Å². The molecule has 6 aliphatic rings. The molecule has 2 aromatic rings. The number of aromatic nitrogens is 1. The van der Waals surface area contributed by atoms with Crippen LogP contribution >= 0.6 is 0 Å². The number of ether oxygens (including phenoxy) is 3. The number of hydrogen-bond acceptors (Lipinski definition) is 11. The number of aliphatic hydroxyl groups is 1. The first kappa shape index (κ1) is 44.4. The van der Waals surface area contributed by atoms with Crippen LogP contribution in [-0.4, -0.2) is 102 Å². The average molecular weight is 886 g/mol. The molecule has 2 aliphatic heterocycles. The van der Waals surface area contributed by atoms with E-state index in [1.165, 1.54) is 23.1 Å². The van der Waals surface area contributed by atoms with Gasteiger partial charge in [-0.3, -0.25) is 19.1 Å². The lowest BCUT2D eigenvalue weighted by Gasteiger charge is -2.35. The molecule has 4 fully saturated rings. The first-order valence-corrected chi connectivity index (χ1v) is 24.2. The Balaban J connectivity index is 1.18. The fourth-order valence-electron chi connectivity index (χ4n) is 9.95. The number of carbonyl (C=O) groups is 4. The zero-order valence-corrected chi connectivity index (χ0v) is 36.5. The molecule has 15 nitrogen and oxygen atoms in total. The van der Waals surface area contributed by atoms with Gasteiger partial charge in [-0.2, -0.15) is 0 Å². The number of nitrogens with one attached hydrogen (secondary N) is 3. The number of sulfonamides is 1. The van der Waals surface area contributed by atoms with E-state index in [0.717, 1.165) is 50.3 Å². The molecule has 1 aromatic carbocycles. The molecule has 4 N–H and O–H groups in total. The van der Waals surface area contributed by atoms with Crippen molar-refractivity contribution in [2.75, 3.05) is 19.8 Å². The topological polar surface area (TPSA) is 203 Å². The van der Waals surface area contributed by atoms with Crippen LogP contribution in [0.5, 0.6) is 11.6 Å². The number of aliphatic hydroxyl groups excluding tert-OH is 1. The van der Waals surface area contributed by atoms with E-state index < -0.39 is 68.7 Å². The third kappa shape index (κ3) is 9.68. The Morgan fingerprint density at radius 2 is 1.83 bits per heavy atom. The van der Waals surface area contributed by atoms with Gasteiger partial charge in [-0.1, -0.05) is 43.2 Å². The van der Waals surface area contributed by atoms with E-state index in [9.17, 15) is 27.9 Å². The van der Waals surface area contributed by atoms with Gasteiger partial charge in [-0.05, 0) is 113 Å². The molecule has 3 saturated carbocycles. The first-order chi connectivity index (χ1) is 30.5. The van der Waals surface area contributed by atoms with Crippen LogP contribution in [0.25, 0.3) is 10.9 Å². The quantitative estimate of drug-likeness (QED) is 0.126. The second kappa shape index (κ2) is 19.3. The number of allylic oxidation sites excluding steroid dienone is 2. The average Bonchev–Trinajstić information content (AvgIpc) is 3.58. The summed E-state index contributed by atoms with van der Waals surface area (Å²) in [5, 5.41) is 15.4. The largest absolute Gasteiger partial charge is 0.492 e. The Hall–Kier alpha value is -5.18. The van der Waals surface area contributed by atoms with Crippen molar-refractivity contribution in [3.8, 4) is 11.6 Å². The number of hydrogen-bond donors (Lipinski definition) is 4. The van der Waals surface area contributed by atoms with E-state index in [1.54, 1.807) is 0 Å². The Morgan fingerprint density at radius 1 is 1.03 bits per heavy atom. The number of para-hydroxylation sites is 1. The molecule has 63 heavy (non-hydrogen) atoms. The number of pyridine rings is 1. The summed E-state index contributed by atoms with van der Waals surface area (Å²) in [7, 11) is -4.01. The van der Waals surface area contributed by atoms with Gasteiger partial charge in [0.05, 0.1) is 29.5 Å². The molecular weight excluding hydrogens is 827 g/mol. The SMILES string of the molecule is C=CC1C=C=CC1(NC(=O)C1CC2CN1C(=O)C(C1CCCC1)NC(=O)OC1CCCC1CCC=CCc1c(nc3ccccc3c1OCCCCO)O2)C(=O)NS(=O)(=O)C1CC1. The Kier molecular flexibility index (Phi) is 13.6. The summed E-state index contributed by atoms with van der Waals surface area (Å²) in [5.74, 6) is -2.18. The van der Waals surface area contributed by atoms with E-state index >= 15 is 4.79 Å². The van der Waals surface area contributed by atoms with Gasteiger partial charge in [0.2, 0.25) is 27.7 Å². The standard InChI is InChI=1S/C47H59N5O10S/c1-2-32-18-13-25-47(32,45(56)51-63(58,59)34-23-24-34)50-42(54)38-28-33-29-52(38)44(55)40(31-15-6-7-16-31)49-46(57)62-39-22-12-17-30(39)14-4-3-5-20-36-41(60-27-11-10-26-53)35-19-8-9-21-37(35)48-43(36)61-33/h2-3,5,8-9,18-19,21,25,30-34,38-40,53H,1,4,6-7,10-12,14-17,20,22-24,26-29H2,(H,49,57)(H,50,54)(H,51,56). The monoisotopic (exact) mass is 885 g/mol. The minimum atomic E-state index is -4.01. The molecule has 338 valence electrons. The summed E-state index contributed by atoms with van der Waals surface area (Å²) in [6.07, 6.45) is 16.4. The molecule has 1 aromatic heterocycles. The molecular formula is C47H59N5O10S. The maximum Gasteiger partial charge on any atom is 0.408 e. The van der Waals surface area contributed by atoms with Crippen molar-refractivity contribution >= 4 is 44.7 Å². The predicted molar refractivity (Wildman–Crippen MR) is 234 cm³/mol. The molecule has 0 spiro atoms. The van der Waals surface area contributed by atoms with Gasteiger partial charge in [0.15, 0.2) is 5.54 Å². The highest BCUT2D eigenvalue weighted by Crippen LogP contribution is 2.39. The predicted octanol–water partition coefficient (Wildman–Crippen LogP) is 5.07. The summed E-state index contributed by atoms with van der Waals surface area (Å²) < 4.78 is 47.6. The van der Waals surface area contributed by atoms with Gasteiger partial charge in [0.25, 0.3) is 5.91 Å². The Morgan fingerprint density at radius 3 is 2.60 bits per heavy atom. The molecule has 7 atom stereocenters. The van der Waals surface area contributed by atoms with Gasteiger partial charge >= 0.3 is 6.09 Å². The van der Waals surface area contributed by atoms with Crippen LogP contribution in [0.2, 0.25) is 0 Å². The van der Waals surface area contributed by atoms with Crippen molar-refractivity contribution < 1.29 is 46.9 Å². The zero-order valence-electron chi connectivity index (χ0n) is 35.7. The smallest absolute Gasteiger partial charge is 0.408 e. The summed E-state index contributed by atoms with van der Waals surface area (Å²) in [6, 6.07) is 5.38. The lowest BCUT2D eigenvalue weighted by Crippen LogP contribution is -2.64. The molecule has 0 radical (unpaired) electrons. The van der Waals surface area contributed by atoms with E-state index in [4.69, 9.17) is 19.2 Å². The van der Waals surface area contributed by atoms with Crippen molar-refractivity contribution in [2.45, 2.75) is 131 Å². The number of carbonyl (C=O) groups excluding carboxylic acids is 4. The lowest BCUT2D eigenvalue weighted by molar-refractivity contribution is -0.142. The highest BCUT2D eigenvalue weighted by Gasteiger charge is 2.52. The summed E-state index contributed by atoms with van der Waals surface area (Å²) in [6.45, 7) is 4.18. The van der Waals surface area contributed by atoms with Crippen LogP contribution in [-0.2, 0) is 35.6 Å². The second-order valence-electron chi connectivity index (χ2n) is 17.8. The van der Waals surface area contributed by atoms with E-state index in [0.29, 0.717) is 68.4 Å². The molecule has 4 aliphatic carbocycles. The lowest BCUT2D eigenvalue weighted by atomic mass is 9.85. The van der Waals surface area contributed by atoms with Crippen molar-refractivity contribution in [3.05, 3.63) is 72.5 Å². The summed E-state index contributed by atoms with van der Waals surface area (Å²) in [5.41, 5.74) is 2.29. The van der Waals surface area contributed by atoms with E-state index in [2.05, 4.69) is 39.8 Å². The zero-order chi connectivity index (χ0) is 44.1. The molecule has 4 amide bonds. The van der Waals surface area contributed by atoms with Gasteiger partial charge in [0.1, 0.15) is 30.0 Å². The number of benzene rings is 1. The van der Waals surface area contributed by atoms with Crippen LogP contribution in [0.1, 0.15) is 95.5 Å². The van der Waals surface area contributed by atoms with Crippen molar-refractivity contribution in [3.63, 3.8) is 0 Å². The van der Waals surface area contributed by atoms with E-state index in [1.807, 2.05) is 24.3 Å². The highest BCUT2D eigenvalue weighted by molar-refractivity contribution is 7.91. The fourth-order valence-corrected chi connectivity index (χ4v) is 11.3. The minimum absolute atomic E-state index is 0.0202. The number of alkyl carbamates (subject to hydrolysis) is 1. The van der Waals surface area contributed by atoms with E-state index in [-0.39, 0.29) is 43.4 Å². The number of amides is 4. The van der Waals surface area contributed by atoms with Crippen LogP contribution in [0, 0.1) is 17.8 Å².